The van der Waals surface area contributed by atoms with E-state index in [1.165, 1.54) is 0 Å². The fourth-order valence-corrected chi connectivity index (χ4v) is 0.903. The molecule has 0 saturated heterocycles. The molecule has 0 aromatic carbocycles. The van der Waals surface area contributed by atoms with Crippen LogP contribution in [0.1, 0.15) is 33.6 Å². The minimum absolute atomic E-state index is 0.0943. The van der Waals surface area contributed by atoms with Crippen molar-refractivity contribution in [3.05, 3.63) is 11.6 Å². The molecule has 0 saturated carbocycles. The largest absolute Gasteiger partial charge is 0.466 e. The van der Waals surface area contributed by atoms with Crippen molar-refractivity contribution in [1.29, 1.82) is 5.26 Å². The van der Waals surface area contributed by atoms with E-state index in [2.05, 4.69) is 13.8 Å². The molecule has 0 rings (SSSR count). The van der Waals surface area contributed by atoms with Gasteiger partial charge >= 0.3 is 5.97 Å². The summed E-state index contributed by atoms with van der Waals surface area (Å²) in [5.74, 6) is 0.171. The summed E-state index contributed by atoms with van der Waals surface area (Å²) in [6, 6.07) is 2.01. The smallest absolute Gasteiger partial charge is 0.310 e. The van der Waals surface area contributed by atoms with Gasteiger partial charge in [0.05, 0.1) is 19.1 Å². The van der Waals surface area contributed by atoms with Crippen molar-refractivity contribution in [2.45, 2.75) is 33.6 Å². The van der Waals surface area contributed by atoms with Crippen LogP contribution in [-0.2, 0) is 9.53 Å². The van der Waals surface area contributed by atoms with Crippen LogP contribution in [0.4, 0.5) is 0 Å². The highest BCUT2D eigenvalue weighted by Gasteiger charge is 2.05. The SMILES string of the molecule is CCOC(=O)CC(C#N)=CCC(C)C. The van der Waals surface area contributed by atoms with Gasteiger partial charge in [0.1, 0.15) is 0 Å². The van der Waals surface area contributed by atoms with Gasteiger partial charge in [-0.3, -0.25) is 4.79 Å². The van der Waals surface area contributed by atoms with Gasteiger partial charge in [-0.1, -0.05) is 19.9 Å². The third kappa shape index (κ3) is 6.24. The van der Waals surface area contributed by atoms with Gasteiger partial charge in [0, 0.05) is 5.57 Å². The Balaban J connectivity index is 4.10. The maximum Gasteiger partial charge on any atom is 0.310 e. The topological polar surface area (TPSA) is 50.1 Å². The molecule has 0 aromatic rings. The third-order valence-electron chi connectivity index (χ3n) is 1.62. The monoisotopic (exact) mass is 195 g/mol. The van der Waals surface area contributed by atoms with Crippen LogP contribution < -0.4 is 0 Å². The van der Waals surface area contributed by atoms with Gasteiger partial charge in [-0.15, -0.1) is 0 Å². The number of hydrogen-bond acceptors (Lipinski definition) is 3. The summed E-state index contributed by atoms with van der Waals surface area (Å²) in [5, 5.41) is 8.73. The first-order valence-corrected chi connectivity index (χ1v) is 4.84. The Bertz CT molecular complexity index is 249. The van der Waals surface area contributed by atoms with E-state index in [1.807, 2.05) is 12.1 Å². The average Bonchev–Trinajstić information content (AvgIpc) is 2.12. The molecule has 0 aliphatic heterocycles. The highest BCUT2D eigenvalue weighted by molar-refractivity contribution is 5.73. The Morgan fingerprint density at radius 3 is 2.64 bits per heavy atom. The minimum atomic E-state index is -0.330. The fourth-order valence-electron chi connectivity index (χ4n) is 0.903. The molecule has 0 N–H and O–H groups in total. The highest BCUT2D eigenvalue weighted by Crippen LogP contribution is 2.07. The molecule has 0 spiro atoms. The van der Waals surface area contributed by atoms with Crippen LogP contribution in [0.3, 0.4) is 0 Å². The Kier molecular flexibility index (Phi) is 6.47. The van der Waals surface area contributed by atoms with Crippen LogP contribution in [-0.4, -0.2) is 12.6 Å². The normalized spacial score (nSPS) is 11.2. The molecule has 0 bridgehead atoms. The van der Waals surface area contributed by atoms with E-state index in [1.54, 1.807) is 6.92 Å². The molecule has 3 heteroatoms. The Morgan fingerprint density at radius 2 is 2.21 bits per heavy atom. The molecular formula is C11H17NO2. The van der Waals surface area contributed by atoms with E-state index in [4.69, 9.17) is 10.00 Å². The standard InChI is InChI=1S/C11H17NO2/c1-4-14-11(13)7-10(8-12)6-5-9(2)3/h6,9H,4-5,7H2,1-3H3. The molecule has 78 valence electrons. The molecule has 0 heterocycles. The molecule has 0 aromatic heterocycles. The van der Waals surface area contributed by atoms with E-state index in [0.717, 1.165) is 6.42 Å². The second-order valence-corrected chi connectivity index (χ2v) is 3.45. The molecule has 0 amide bonds. The number of hydrogen-bond donors (Lipinski definition) is 0. The molecule has 0 aliphatic carbocycles. The number of nitrogens with zero attached hydrogens (tertiary/aromatic N) is 1. The van der Waals surface area contributed by atoms with Crippen LogP contribution in [0.5, 0.6) is 0 Å². The van der Waals surface area contributed by atoms with E-state index in [9.17, 15) is 4.79 Å². The lowest BCUT2D eigenvalue weighted by atomic mass is 10.1. The van der Waals surface area contributed by atoms with E-state index in [0.29, 0.717) is 18.1 Å². The zero-order valence-corrected chi connectivity index (χ0v) is 9.04. The van der Waals surface area contributed by atoms with Crippen molar-refractivity contribution < 1.29 is 9.53 Å². The second kappa shape index (κ2) is 7.14. The number of carbonyl (C=O) groups is 1. The first-order chi connectivity index (χ1) is 6.60. The molecule has 3 nitrogen and oxygen atoms in total. The first kappa shape index (κ1) is 12.7. The van der Waals surface area contributed by atoms with Crippen molar-refractivity contribution in [2.24, 2.45) is 5.92 Å². The number of esters is 1. The summed E-state index contributed by atoms with van der Waals surface area (Å²) < 4.78 is 4.75. The number of ether oxygens (including phenoxy) is 1. The summed E-state index contributed by atoms with van der Waals surface area (Å²) in [6.07, 6.45) is 2.72. The maximum atomic E-state index is 11.0. The van der Waals surface area contributed by atoms with Crippen molar-refractivity contribution >= 4 is 5.97 Å². The van der Waals surface area contributed by atoms with Gasteiger partial charge in [0.25, 0.3) is 0 Å². The van der Waals surface area contributed by atoms with Gasteiger partial charge in [0.2, 0.25) is 0 Å². The summed E-state index contributed by atoms with van der Waals surface area (Å²) >= 11 is 0. The summed E-state index contributed by atoms with van der Waals surface area (Å²) in [5.41, 5.74) is 0.497. The Morgan fingerprint density at radius 1 is 1.57 bits per heavy atom. The molecule has 0 fully saturated rings. The summed E-state index contributed by atoms with van der Waals surface area (Å²) in [6.45, 7) is 6.25. The van der Waals surface area contributed by atoms with E-state index in [-0.39, 0.29) is 12.4 Å². The zero-order valence-electron chi connectivity index (χ0n) is 9.04. The fraction of sp³-hybridized carbons (Fsp3) is 0.636. The van der Waals surface area contributed by atoms with Gasteiger partial charge in [-0.25, -0.2) is 0 Å². The predicted molar refractivity (Wildman–Crippen MR) is 54.4 cm³/mol. The van der Waals surface area contributed by atoms with Gasteiger partial charge in [0.15, 0.2) is 0 Å². The molecule has 0 radical (unpaired) electrons. The number of rotatable bonds is 5. The van der Waals surface area contributed by atoms with Crippen LogP contribution >= 0.6 is 0 Å². The maximum absolute atomic E-state index is 11.0. The van der Waals surface area contributed by atoms with Gasteiger partial charge < -0.3 is 4.74 Å². The summed E-state index contributed by atoms with van der Waals surface area (Å²) in [7, 11) is 0. The van der Waals surface area contributed by atoms with Gasteiger partial charge in [-0.05, 0) is 19.3 Å². The van der Waals surface area contributed by atoms with E-state index >= 15 is 0 Å². The molecule has 0 atom stereocenters. The van der Waals surface area contributed by atoms with Crippen molar-refractivity contribution in [3.63, 3.8) is 0 Å². The zero-order chi connectivity index (χ0) is 11.0. The average molecular weight is 195 g/mol. The molecular weight excluding hydrogens is 178 g/mol. The minimum Gasteiger partial charge on any atom is -0.466 e. The van der Waals surface area contributed by atoms with Crippen LogP contribution in [0.15, 0.2) is 11.6 Å². The Hall–Kier alpha value is -1.30. The lowest BCUT2D eigenvalue weighted by Crippen LogP contribution is -2.04. The Labute approximate surface area is 85.4 Å². The van der Waals surface area contributed by atoms with Crippen LogP contribution in [0, 0.1) is 17.2 Å². The van der Waals surface area contributed by atoms with Crippen LogP contribution in [0.25, 0.3) is 0 Å². The molecule has 0 unspecified atom stereocenters. The number of allylic oxidation sites excluding steroid dienone is 1. The second-order valence-electron chi connectivity index (χ2n) is 3.45. The van der Waals surface area contributed by atoms with Crippen LogP contribution in [0.2, 0.25) is 0 Å². The lowest BCUT2D eigenvalue weighted by Gasteiger charge is -2.01. The quantitative estimate of drug-likeness (QED) is 0.500. The van der Waals surface area contributed by atoms with Crippen molar-refractivity contribution in [3.8, 4) is 6.07 Å². The third-order valence-corrected chi connectivity index (χ3v) is 1.62. The van der Waals surface area contributed by atoms with E-state index < -0.39 is 0 Å². The van der Waals surface area contributed by atoms with Crippen molar-refractivity contribution in [1.82, 2.24) is 0 Å². The lowest BCUT2D eigenvalue weighted by molar-refractivity contribution is -0.142. The first-order valence-electron chi connectivity index (χ1n) is 4.84. The number of carbonyl (C=O) groups excluding carboxylic acids is 1. The summed E-state index contributed by atoms with van der Waals surface area (Å²) in [4.78, 5) is 11.0. The molecule has 0 aliphatic rings. The van der Waals surface area contributed by atoms with Crippen molar-refractivity contribution in [2.75, 3.05) is 6.61 Å². The van der Waals surface area contributed by atoms with Gasteiger partial charge in [-0.2, -0.15) is 5.26 Å². The predicted octanol–water partition coefficient (Wildman–Crippen LogP) is 2.44. The number of nitriles is 1. The molecule has 14 heavy (non-hydrogen) atoms. The highest BCUT2D eigenvalue weighted by atomic mass is 16.5.